The molecule has 0 radical (unpaired) electrons. The predicted molar refractivity (Wildman–Crippen MR) is 66.5 cm³/mol. The molecule has 0 bridgehead atoms. The number of likely N-dealkylation sites (N-methyl/N-ethyl adjacent to an activating group) is 1. The Morgan fingerprint density at radius 1 is 0.944 bits per heavy atom. The van der Waals surface area contributed by atoms with Crippen LogP contribution in [0.15, 0.2) is 0 Å². The predicted octanol–water partition coefficient (Wildman–Crippen LogP) is -0.963. The second-order valence-electron chi connectivity index (χ2n) is 3.29. The van der Waals surface area contributed by atoms with Crippen molar-refractivity contribution >= 4 is 5.91 Å². The lowest BCUT2D eigenvalue weighted by molar-refractivity contribution is -0.125. The van der Waals surface area contributed by atoms with Gasteiger partial charge in [0, 0.05) is 8.47 Å². The van der Waals surface area contributed by atoms with Crippen LogP contribution in [0.2, 0.25) is 0 Å². The van der Waals surface area contributed by atoms with Crippen molar-refractivity contribution in [1.29, 1.82) is 0 Å². The first-order chi connectivity index (χ1) is 8.81. The highest BCUT2D eigenvalue weighted by Crippen LogP contribution is 1.82. The second kappa shape index (κ2) is 14.3. The second-order valence-corrected chi connectivity index (χ2v) is 3.29. The number of carbonyl (C=O) groups excluding carboxylic acids is 1. The molecule has 2 N–H and O–H groups in total. The van der Waals surface area contributed by atoms with Gasteiger partial charge in [0.05, 0.1) is 52.9 Å². The van der Waals surface area contributed by atoms with Crippen molar-refractivity contribution in [3.63, 3.8) is 0 Å². The Labute approximate surface area is 109 Å². The van der Waals surface area contributed by atoms with Crippen LogP contribution >= 0.6 is 0 Å². The molecule has 0 aliphatic heterocycles. The molecule has 0 heterocycles. The maximum Gasteiger partial charge on any atom is 0.245 e. The topological polar surface area (TPSA) is 86.3 Å². The first kappa shape index (κ1) is 17.3. The highest BCUT2D eigenvalue weighted by molar-refractivity contribution is 5.76. The van der Waals surface area contributed by atoms with Gasteiger partial charge in [-0.05, 0) is 0 Å². The molecule has 0 spiro atoms. The van der Waals surface area contributed by atoms with Crippen LogP contribution in [0.25, 0.3) is 0 Å². The summed E-state index contributed by atoms with van der Waals surface area (Å²) in [6.07, 6.45) is 0. The summed E-state index contributed by atoms with van der Waals surface area (Å²) in [7, 11) is 1.56. The van der Waals surface area contributed by atoms with Crippen LogP contribution in [0.1, 0.15) is 1.43 Å². The van der Waals surface area contributed by atoms with Crippen molar-refractivity contribution in [1.82, 2.24) is 5.32 Å². The molecule has 0 aromatic heterocycles. The summed E-state index contributed by atoms with van der Waals surface area (Å²) < 4.78 is 20.5. The van der Waals surface area contributed by atoms with Crippen LogP contribution in [0, 0.1) is 0 Å². The molecular formula is C11H25NO6. The Bertz CT molecular complexity index is 196. The van der Waals surface area contributed by atoms with Gasteiger partial charge in [0.1, 0.15) is 6.61 Å². The van der Waals surface area contributed by atoms with Crippen molar-refractivity contribution in [3.05, 3.63) is 0 Å². The van der Waals surface area contributed by atoms with Crippen molar-refractivity contribution in [2.24, 2.45) is 0 Å². The fraction of sp³-hybridized carbons (Fsp3) is 0.909. The quantitative estimate of drug-likeness (QED) is 0.418. The molecule has 0 atom stereocenters. The molecule has 0 aliphatic carbocycles. The minimum atomic E-state index is -0.152. The molecule has 0 saturated carbocycles. The van der Waals surface area contributed by atoms with E-state index in [0.717, 1.165) is 0 Å². The highest BCUT2D eigenvalue weighted by atomic mass is 16.6. The van der Waals surface area contributed by atoms with Gasteiger partial charge in [0.2, 0.25) is 5.91 Å². The Balaban J connectivity index is 0. The fourth-order valence-corrected chi connectivity index (χ4v) is 0.961. The van der Waals surface area contributed by atoms with Gasteiger partial charge >= 0.3 is 0 Å². The van der Waals surface area contributed by atoms with Crippen molar-refractivity contribution in [2.75, 3.05) is 66.5 Å². The summed E-state index contributed by atoms with van der Waals surface area (Å²) in [5, 5.41) is 10.9. The maximum atomic E-state index is 10.8. The third-order valence-electron chi connectivity index (χ3n) is 1.86. The summed E-state index contributed by atoms with van der Waals surface area (Å²) in [6.45, 7) is 3.14. The molecule has 0 aliphatic rings. The Hall–Kier alpha value is -0.730. The molecule has 1 amide bonds. The SMILES string of the molecule is CNC(=O)COCCOCCOCCOCCO.[HH]. The molecule has 0 aromatic carbocycles. The van der Waals surface area contributed by atoms with Crippen LogP contribution in [0.4, 0.5) is 0 Å². The van der Waals surface area contributed by atoms with Crippen LogP contribution < -0.4 is 5.32 Å². The molecule has 18 heavy (non-hydrogen) atoms. The number of aliphatic hydroxyl groups excluding tert-OH is 1. The minimum absolute atomic E-state index is 0. The molecule has 7 heteroatoms. The number of rotatable bonds is 13. The number of aliphatic hydroxyl groups is 1. The monoisotopic (exact) mass is 267 g/mol. The highest BCUT2D eigenvalue weighted by Gasteiger charge is 1.96. The lowest BCUT2D eigenvalue weighted by Gasteiger charge is -2.06. The van der Waals surface area contributed by atoms with Gasteiger partial charge in [0.15, 0.2) is 0 Å². The number of nitrogens with one attached hydrogen (secondary N) is 1. The Morgan fingerprint density at radius 2 is 1.39 bits per heavy atom. The molecule has 0 unspecified atom stereocenters. The summed E-state index contributed by atoms with van der Waals surface area (Å²) >= 11 is 0. The third kappa shape index (κ3) is 13.3. The van der Waals surface area contributed by atoms with E-state index in [1.807, 2.05) is 0 Å². The number of hydrogen-bond acceptors (Lipinski definition) is 6. The maximum absolute atomic E-state index is 10.8. The Morgan fingerprint density at radius 3 is 1.83 bits per heavy atom. The van der Waals surface area contributed by atoms with E-state index >= 15 is 0 Å². The van der Waals surface area contributed by atoms with Crippen molar-refractivity contribution in [3.8, 4) is 0 Å². The standard InChI is InChI=1S/C11H23NO6.H2/c1-12-11(14)10-18-9-8-17-7-6-16-5-4-15-3-2-13;/h13H,2-10H2,1H3,(H,12,14);1H. The third-order valence-corrected chi connectivity index (χ3v) is 1.86. The molecule has 110 valence electrons. The first-order valence-electron chi connectivity index (χ1n) is 5.93. The zero-order valence-electron chi connectivity index (χ0n) is 10.9. The fourth-order valence-electron chi connectivity index (χ4n) is 0.961. The van der Waals surface area contributed by atoms with Gasteiger partial charge in [-0.25, -0.2) is 0 Å². The molecule has 0 saturated heterocycles. The summed E-state index contributed by atoms with van der Waals surface area (Å²) in [6, 6.07) is 0. The zero-order valence-corrected chi connectivity index (χ0v) is 10.9. The van der Waals surface area contributed by atoms with Crippen LogP contribution in [-0.2, 0) is 23.7 Å². The van der Waals surface area contributed by atoms with E-state index in [9.17, 15) is 4.79 Å². The van der Waals surface area contributed by atoms with E-state index in [-0.39, 0.29) is 20.5 Å². The largest absolute Gasteiger partial charge is 0.394 e. The van der Waals surface area contributed by atoms with E-state index in [1.165, 1.54) is 0 Å². The lowest BCUT2D eigenvalue weighted by Crippen LogP contribution is -2.24. The number of carbonyl (C=O) groups is 1. The van der Waals surface area contributed by atoms with Gasteiger partial charge in [-0.2, -0.15) is 0 Å². The van der Waals surface area contributed by atoms with Crippen molar-refractivity contribution < 1.29 is 30.3 Å². The number of amides is 1. The molecular weight excluding hydrogens is 242 g/mol. The molecule has 0 rings (SSSR count). The van der Waals surface area contributed by atoms with E-state index in [0.29, 0.717) is 46.2 Å². The smallest absolute Gasteiger partial charge is 0.245 e. The zero-order chi connectivity index (χ0) is 13.5. The Kier molecular flexibility index (Phi) is 13.8. The van der Waals surface area contributed by atoms with E-state index < -0.39 is 0 Å². The lowest BCUT2D eigenvalue weighted by atomic mass is 10.6. The van der Waals surface area contributed by atoms with Crippen LogP contribution in [0.5, 0.6) is 0 Å². The molecule has 7 nitrogen and oxygen atoms in total. The number of ether oxygens (including phenoxy) is 4. The van der Waals surface area contributed by atoms with E-state index in [2.05, 4.69) is 5.32 Å². The van der Waals surface area contributed by atoms with Crippen molar-refractivity contribution in [2.45, 2.75) is 0 Å². The summed E-state index contributed by atoms with van der Waals surface area (Å²) in [4.78, 5) is 10.8. The summed E-state index contributed by atoms with van der Waals surface area (Å²) in [5.74, 6) is -0.152. The average Bonchev–Trinajstić information content (AvgIpc) is 2.39. The normalized spacial score (nSPS) is 10.6. The molecule has 0 fully saturated rings. The van der Waals surface area contributed by atoms with Gasteiger partial charge in [-0.15, -0.1) is 0 Å². The van der Waals surface area contributed by atoms with Gasteiger partial charge in [0.25, 0.3) is 0 Å². The molecule has 0 aromatic rings. The van der Waals surface area contributed by atoms with Gasteiger partial charge < -0.3 is 29.4 Å². The number of hydrogen-bond donors (Lipinski definition) is 2. The van der Waals surface area contributed by atoms with Gasteiger partial charge in [-0.3, -0.25) is 4.79 Å². The van der Waals surface area contributed by atoms with E-state index in [4.69, 9.17) is 24.1 Å². The minimum Gasteiger partial charge on any atom is -0.394 e. The van der Waals surface area contributed by atoms with E-state index in [1.54, 1.807) is 7.05 Å². The first-order valence-corrected chi connectivity index (χ1v) is 5.93. The van der Waals surface area contributed by atoms with Gasteiger partial charge in [-0.1, -0.05) is 0 Å². The van der Waals surface area contributed by atoms with Crippen LogP contribution in [-0.4, -0.2) is 77.5 Å². The summed E-state index contributed by atoms with van der Waals surface area (Å²) in [5.41, 5.74) is 0. The van der Waals surface area contributed by atoms with Crippen LogP contribution in [0.3, 0.4) is 0 Å². The average molecular weight is 267 g/mol.